The first kappa shape index (κ1) is 13.4. The van der Waals surface area contributed by atoms with Crippen LogP contribution in [0.1, 0.15) is 0 Å². The fourth-order valence-corrected chi connectivity index (χ4v) is 4.77. The van der Waals surface area contributed by atoms with E-state index in [-0.39, 0.29) is 6.79 Å². The van der Waals surface area contributed by atoms with E-state index in [4.69, 9.17) is 9.47 Å². The lowest BCUT2D eigenvalue weighted by molar-refractivity contribution is 0.174. The van der Waals surface area contributed by atoms with Gasteiger partial charge in [0.05, 0.1) is 0 Å². The molecular formula is C19H14O2P. The number of benzene rings is 3. The molecule has 0 atom stereocenters. The van der Waals surface area contributed by atoms with Crippen molar-refractivity contribution in [2.24, 2.45) is 0 Å². The van der Waals surface area contributed by atoms with Crippen molar-refractivity contribution in [2.45, 2.75) is 0 Å². The lowest BCUT2D eigenvalue weighted by Gasteiger charge is -2.19. The van der Waals surface area contributed by atoms with Crippen molar-refractivity contribution in [3.63, 3.8) is 0 Å². The molecule has 1 heterocycles. The molecule has 1 radical (unpaired) electrons. The van der Waals surface area contributed by atoms with Crippen LogP contribution in [0.3, 0.4) is 0 Å². The first-order valence-electron chi connectivity index (χ1n) is 7.14. The molecule has 0 fully saturated rings. The van der Waals surface area contributed by atoms with Crippen molar-refractivity contribution in [1.82, 2.24) is 0 Å². The fourth-order valence-electron chi connectivity index (χ4n) is 2.53. The molecule has 22 heavy (non-hydrogen) atoms. The Kier molecular flexibility index (Phi) is 3.54. The number of ether oxygens (including phenoxy) is 2. The van der Waals surface area contributed by atoms with Crippen molar-refractivity contribution in [1.29, 1.82) is 0 Å². The van der Waals surface area contributed by atoms with Crippen LogP contribution in [0.15, 0.2) is 72.8 Å². The van der Waals surface area contributed by atoms with Gasteiger partial charge in [-0.15, -0.1) is 0 Å². The van der Waals surface area contributed by atoms with E-state index in [2.05, 4.69) is 60.7 Å². The van der Waals surface area contributed by atoms with Crippen LogP contribution in [0.5, 0.6) is 11.5 Å². The Morgan fingerprint density at radius 2 is 1.36 bits per heavy atom. The molecule has 107 valence electrons. The Morgan fingerprint density at radius 1 is 0.727 bits per heavy atom. The summed E-state index contributed by atoms with van der Waals surface area (Å²) in [4.78, 5) is 0. The third-order valence-electron chi connectivity index (χ3n) is 3.55. The standard InChI is InChI=1S/C19H14O2P/c1-3-7-15(8-4-1)22(16-9-5-2-6-10-16)17-11-12-18-19(13-17)21-14-20-18/h1-12H,14H2. The monoisotopic (exact) mass is 305 g/mol. The van der Waals surface area contributed by atoms with E-state index >= 15 is 0 Å². The lowest BCUT2D eigenvalue weighted by atomic mass is 10.3. The molecule has 0 N–H and O–H groups in total. The summed E-state index contributed by atoms with van der Waals surface area (Å²) in [5.41, 5.74) is 0. The summed E-state index contributed by atoms with van der Waals surface area (Å²) in [7, 11) is -0.644. The van der Waals surface area contributed by atoms with Gasteiger partial charge in [-0.2, -0.15) is 0 Å². The number of fused-ring (bicyclic) bond motifs is 1. The van der Waals surface area contributed by atoms with Gasteiger partial charge >= 0.3 is 0 Å². The van der Waals surface area contributed by atoms with Gasteiger partial charge < -0.3 is 9.47 Å². The second kappa shape index (κ2) is 5.82. The molecule has 0 aromatic heterocycles. The van der Waals surface area contributed by atoms with Crippen LogP contribution < -0.4 is 25.4 Å². The number of hydrogen-bond donors (Lipinski definition) is 0. The third-order valence-corrected chi connectivity index (χ3v) is 5.92. The maximum absolute atomic E-state index is 5.49. The molecule has 0 saturated carbocycles. The second-order valence-corrected chi connectivity index (χ2v) is 7.14. The predicted octanol–water partition coefficient (Wildman–Crippen LogP) is 2.97. The fraction of sp³-hybridized carbons (Fsp3) is 0.0526. The molecule has 3 aromatic rings. The second-order valence-electron chi connectivity index (χ2n) is 4.95. The third kappa shape index (κ3) is 2.47. The van der Waals surface area contributed by atoms with Crippen LogP contribution in [0.4, 0.5) is 0 Å². The van der Waals surface area contributed by atoms with Gasteiger partial charge in [0, 0.05) is 6.07 Å². The summed E-state index contributed by atoms with van der Waals surface area (Å²) in [5, 5.41) is 3.76. The zero-order valence-electron chi connectivity index (χ0n) is 11.9. The molecule has 4 rings (SSSR count). The van der Waals surface area contributed by atoms with Gasteiger partial charge in [0.1, 0.15) is 0 Å². The summed E-state index contributed by atoms with van der Waals surface area (Å²) in [6.45, 7) is 0.282. The highest BCUT2D eigenvalue weighted by atomic mass is 31.1. The summed E-state index contributed by atoms with van der Waals surface area (Å²) in [6, 6.07) is 28.6. The molecule has 0 saturated heterocycles. The Bertz CT molecular complexity index is 732. The Labute approximate surface area is 131 Å². The van der Waals surface area contributed by atoms with Gasteiger partial charge in [-0.1, -0.05) is 60.7 Å². The Morgan fingerprint density at radius 3 is 2.00 bits per heavy atom. The molecule has 3 aromatic carbocycles. The first-order valence-corrected chi connectivity index (χ1v) is 8.48. The maximum atomic E-state index is 5.49. The van der Waals surface area contributed by atoms with E-state index in [1.165, 1.54) is 10.6 Å². The van der Waals surface area contributed by atoms with E-state index in [9.17, 15) is 0 Å². The van der Waals surface area contributed by atoms with Crippen LogP contribution in [-0.4, -0.2) is 6.79 Å². The van der Waals surface area contributed by atoms with Crippen LogP contribution in [-0.2, 0) is 0 Å². The lowest BCUT2D eigenvalue weighted by Crippen LogP contribution is -2.20. The molecule has 2 nitrogen and oxygen atoms in total. The quantitative estimate of drug-likeness (QED) is 0.693. The van der Waals surface area contributed by atoms with Crippen LogP contribution in [0.25, 0.3) is 0 Å². The van der Waals surface area contributed by atoms with Gasteiger partial charge in [0.2, 0.25) is 6.79 Å². The zero-order chi connectivity index (χ0) is 14.8. The summed E-state index contributed by atoms with van der Waals surface area (Å²) in [6.07, 6.45) is 0. The van der Waals surface area contributed by atoms with Crippen LogP contribution >= 0.6 is 7.92 Å². The molecule has 1 aliphatic heterocycles. The van der Waals surface area contributed by atoms with Gasteiger partial charge in [-0.05, 0) is 36.0 Å². The summed E-state index contributed by atoms with van der Waals surface area (Å²) in [5.74, 6) is 1.50. The SMILES string of the molecule is [c]1c(P(c2ccccc2)c2ccccc2)ccc2c1OCO2. The topological polar surface area (TPSA) is 18.5 Å². The highest BCUT2D eigenvalue weighted by Gasteiger charge is 2.20. The van der Waals surface area contributed by atoms with Crippen molar-refractivity contribution in [3.05, 3.63) is 78.9 Å². The van der Waals surface area contributed by atoms with Crippen molar-refractivity contribution in [2.75, 3.05) is 6.79 Å². The number of rotatable bonds is 3. The van der Waals surface area contributed by atoms with Crippen molar-refractivity contribution in [3.8, 4) is 11.5 Å². The minimum atomic E-state index is -0.644. The van der Waals surface area contributed by atoms with Crippen LogP contribution in [0.2, 0.25) is 0 Å². The minimum Gasteiger partial charge on any atom is -0.454 e. The smallest absolute Gasteiger partial charge is 0.231 e. The summed E-state index contributed by atoms with van der Waals surface area (Å²) >= 11 is 0. The van der Waals surface area contributed by atoms with E-state index in [0.717, 1.165) is 16.8 Å². The average molecular weight is 305 g/mol. The van der Waals surface area contributed by atoms with Gasteiger partial charge in [0.25, 0.3) is 0 Å². The molecule has 0 spiro atoms. The minimum absolute atomic E-state index is 0.282. The molecule has 3 heteroatoms. The number of hydrogen-bond acceptors (Lipinski definition) is 2. The first-order chi connectivity index (χ1) is 10.9. The van der Waals surface area contributed by atoms with Crippen molar-refractivity contribution < 1.29 is 9.47 Å². The van der Waals surface area contributed by atoms with Gasteiger partial charge in [-0.3, -0.25) is 0 Å². The van der Waals surface area contributed by atoms with E-state index < -0.39 is 7.92 Å². The molecule has 0 bridgehead atoms. The Balaban J connectivity index is 1.84. The van der Waals surface area contributed by atoms with Gasteiger partial charge in [0.15, 0.2) is 11.5 Å². The maximum Gasteiger partial charge on any atom is 0.231 e. The Hall–Kier alpha value is -2.31. The predicted molar refractivity (Wildman–Crippen MR) is 90.1 cm³/mol. The normalized spacial score (nSPS) is 12.6. The summed E-state index contributed by atoms with van der Waals surface area (Å²) < 4.78 is 10.9. The molecule has 0 unspecified atom stereocenters. The molecule has 0 aliphatic carbocycles. The van der Waals surface area contributed by atoms with Crippen LogP contribution in [0, 0.1) is 6.07 Å². The molecular weight excluding hydrogens is 291 g/mol. The highest BCUT2D eigenvalue weighted by Crippen LogP contribution is 2.37. The van der Waals surface area contributed by atoms with Gasteiger partial charge in [-0.25, -0.2) is 0 Å². The average Bonchev–Trinajstić information content (AvgIpc) is 3.05. The molecule has 0 amide bonds. The highest BCUT2D eigenvalue weighted by molar-refractivity contribution is 7.79. The zero-order valence-corrected chi connectivity index (χ0v) is 12.8. The van der Waals surface area contributed by atoms with E-state index in [1.807, 2.05) is 18.2 Å². The largest absolute Gasteiger partial charge is 0.454 e. The van der Waals surface area contributed by atoms with Crippen molar-refractivity contribution >= 4 is 23.8 Å². The van der Waals surface area contributed by atoms with E-state index in [1.54, 1.807) is 0 Å². The molecule has 1 aliphatic rings. The van der Waals surface area contributed by atoms with E-state index in [0.29, 0.717) is 0 Å².